The lowest BCUT2D eigenvalue weighted by Gasteiger charge is -2.24. The van der Waals surface area contributed by atoms with E-state index in [-0.39, 0.29) is 6.10 Å². The molecule has 3 heterocycles. The summed E-state index contributed by atoms with van der Waals surface area (Å²) in [7, 11) is 0. The molecule has 0 saturated carbocycles. The second-order valence-electron chi connectivity index (χ2n) is 4.52. The highest BCUT2D eigenvalue weighted by Crippen LogP contribution is 2.21. The van der Waals surface area contributed by atoms with Crippen molar-refractivity contribution in [3.8, 4) is 0 Å². The smallest absolute Gasteiger partial charge is 0.111 e. The molecule has 0 aromatic carbocycles. The molecule has 2 aromatic heterocycles. The Morgan fingerprint density at radius 2 is 2.50 bits per heavy atom. The number of rotatable bonds is 3. The van der Waals surface area contributed by atoms with E-state index in [1.807, 2.05) is 23.9 Å². The van der Waals surface area contributed by atoms with Gasteiger partial charge in [0.25, 0.3) is 0 Å². The summed E-state index contributed by atoms with van der Waals surface area (Å²) in [6, 6.07) is 4.35. The molecule has 1 atom stereocenters. The van der Waals surface area contributed by atoms with E-state index in [1.165, 1.54) is 9.75 Å². The van der Waals surface area contributed by atoms with Crippen LogP contribution in [0.15, 0.2) is 24.7 Å². The molecule has 5 heteroatoms. The molecule has 1 saturated heterocycles. The number of nitrogens with zero attached hydrogens (tertiary/aromatic N) is 2. The number of imidazole rings is 1. The molecule has 3 rings (SSSR count). The van der Waals surface area contributed by atoms with Crippen molar-refractivity contribution in [3.05, 3.63) is 40.1 Å². The van der Waals surface area contributed by atoms with Crippen molar-refractivity contribution in [2.45, 2.75) is 19.6 Å². The number of hydrogen-bond acceptors (Lipinski definition) is 4. The standard InChI is InChI=1S/C13H17N3OS/c1-10-2-3-11(18-10)8-16-9-15-6-12(16)13-7-14-4-5-17-13/h2-3,6,9,13-14H,4-5,7-8H2,1H3. The molecular weight excluding hydrogens is 246 g/mol. The van der Waals surface area contributed by atoms with Crippen LogP contribution in [0.5, 0.6) is 0 Å². The molecule has 1 N–H and O–H groups in total. The Morgan fingerprint density at radius 3 is 3.22 bits per heavy atom. The Labute approximate surface area is 111 Å². The zero-order valence-corrected chi connectivity index (χ0v) is 11.2. The third kappa shape index (κ3) is 2.48. The fraction of sp³-hybridized carbons (Fsp3) is 0.462. The first-order chi connectivity index (χ1) is 8.83. The monoisotopic (exact) mass is 263 g/mol. The van der Waals surface area contributed by atoms with Crippen LogP contribution in [-0.4, -0.2) is 29.2 Å². The van der Waals surface area contributed by atoms with Crippen LogP contribution < -0.4 is 5.32 Å². The topological polar surface area (TPSA) is 39.1 Å². The van der Waals surface area contributed by atoms with Crippen LogP contribution in [0, 0.1) is 6.92 Å². The van der Waals surface area contributed by atoms with Crippen LogP contribution in [-0.2, 0) is 11.3 Å². The summed E-state index contributed by atoms with van der Waals surface area (Å²) in [6.07, 6.45) is 3.93. The van der Waals surface area contributed by atoms with Gasteiger partial charge < -0.3 is 14.6 Å². The van der Waals surface area contributed by atoms with Crippen molar-refractivity contribution >= 4 is 11.3 Å². The van der Waals surface area contributed by atoms with Crippen LogP contribution in [0.4, 0.5) is 0 Å². The maximum absolute atomic E-state index is 5.79. The van der Waals surface area contributed by atoms with Gasteiger partial charge in [0.2, 0.25) is 0 Å². The van der Waals surface area contributed by atoms with E-state index in [0.29, 0.717) is 0 Å². The number of thiophene rings is 1. The lowest BCUT2D eigenvalue weighted by Crippen LogP contribution is -2.34. The van der Waals surface area contributed by atoms with Gasteiger partial charge >= 0.3 is 0 Å². The lowest BCUT2D eigenvalue weighted by atomic mass is 10.2. The molecule has 0 amide bonds. The number of nitrogens with one attached hydrogen (secondary N) is 1. The highest BCUT2D eigenvalue weighted by atomic mass is 32.1. The zero-order valence-electron chi connectivity index (χ0n) is 10.4. The predicted molar refractivity (Wildman–Crippen MR) is 71.9 cm³/mol. The van der Waals surface area contributed by atoms with Crippen LogP contribution in [0.2, 0.25) is 0 Å². The van der Waals surface area contributed by atoms with Crippen molar-refractivity contribution in [2.75, 3.05) is 19.7 Å². The third-order valence-electron chi connectivity index (χ3n) is 3.12. The summed E-state index contributed by atoms with van der Waals surface area (Å²) in [5, 5.41) is 3.35. The van der Waals surface area contributed by atoms with Crippen molar-refractivity contribution in [3.63, 3.8) is 0 Å². The maximum atomic E-state index is 5.79. The number of morpholine rings is 1. The van der Waals surface area contributed by atoms with E-state index in [2.05, 4.69) is 33.9 Å². The molecule has 4 nitrogen and oxygen atoms in total. The summed E-state index contributed by atoms with van der Waals surface area (Å²) < 4.78 is 7.97. The SMILES string of the molecule is Cc1ccc(Cn2cncc2C2CNCCO2)s1. The Hall–Kier alpha value is -1.17. The molecule has 18 heavy (non-hydrogen) atoms. The molecule has 96 valence electrons. The van der Waals surface area contributed by atoms with Gasteiger partial charge in [0, 0.05) is 22.8 Å². The fourth-order valence-electron chi connectivity index (χ4n) is 2.22. The number of aromatic nitrogens is 2. The Kier molecular flexibility index (Phi) is 3.45. The van der Waals surface area contributed by atoms with E-state index < -0.39 is 0 Å². The van der Waals surface area contributed by atoms with Gasteiger partial charge in [0.05, 0.1) is 31.4 Å². The number of hydrogen-bond donors (Lipinski definition) is 1. The van der Waals surface area contributed by atoms with E-state index in [0.717, 1.165) is 31.9 Å². The largest absolute Gasteiger partial charge is 0.369 e. The minimum atomic E-state index is 0.127. The molecule has 1 aliphatic rings. The lowest BCUT2D eigenvalue weighted by molar-refractivity contribution is 0.0230. The average molecular weight is 263 g/mol. The first-order valence-corrected chi connectivity index (χ1v) is 7.02. The first kappa shape index (κ1) is 11.9. The highest BCUT2D eigenvalue weighted by Gasteiger charge is 2.19. The third-order valence-corrected chi connectivity index (χ3v) is 4.11. The maximum Gasteiger partial charge on any atom is 0.111 e. The second-order valence-corrected chi connectivity index (χ2v) is 5.89. The summed E-state index contributed by atoms with van der Waals surface area (Å²) in [4.78, 5) is 6.97. The minimum absolute atomic E-state index is 0.127. The Bertz CT molecular complexity index is 514. The Morgan fingerprint density at radius 1 is 1.56 bits per heavy atom. The molecule has 1 aliphatic heterocycles. The summed E-state index contributed by atoms with van der Waals surface area (Å²) in [6.45, 7) is 5.60. The molecular formula is C13H17N3OS. The van der Waals surface area contributed by atoms with Crippen LogP contribution >= 0.6 is 11.3 Å². The van der Waals surface area contributed by atoms with Crippen molar-refractivity contribution in [1.82, 2.24) is 14.9 Å². The van der Waals surface area contributed by atoms with E-state index in [9.17, 15) is 0 Å². The molecule has 1 fully saturated rings. The van der Waals surface area contributed by atoms with Crippen molar-refractivity contribution in [2.24, 2.45) is 0 Å². The van der Waals surface area contributed by atoms with Gasteiger partial charge in [-0.1, -0.05) is 0 Å². The normalized spacial score (nSPS) is 20.2. The van der Waals surface area contributed by atoms with Crippen LogP contribution in [0.1, 0.15) is 21.6 Å². The van der Waals surface area contributed by atoms with E-state index in [1.54, 1.807) is 0 Å². The quantitative estimate of drug-likeness (QED) is 0.920. The zero-order chi connectivity index (χ0) is 12.4. The molecule has 0 radical (unpaired) electrons. The minimum Gasteiger partial charge on any atom is -0.369 e. The summed E-state index contributed by atoms with van der Waals surface area (Å²) in [5.41, 5.74) is 1.16. The molecule has 0 spiro atoms. The van der Waals surface area contributed by atoms with Gasteiger partial charge in [-0.05, 0) is 19.1 Å². The molecule has 1 unspecified atom stereocenters. The second kappa shape index (κ2) is 5.22. The van der Waals surface area contributed by atoms with Crippen LogP contribution in [0.3, 0.4) is 0 Å². The van der Waals surface area contributed by atoms with Crippen molar-refractivity contribution in [1.29, 1.82) is 0 Å². The van der Waals surface area contributed by atoms with Gasteiger partial charge in [-0.3, -0.25) is 0 Å². The Balaban J connectivity index is 1.78. The highest BCUT2D eigenvalue weighted by molar-refractivity contribution is 7.11. The van der Waals surface area contributed by atoms with Crippen LogP contribution in [0.25, 0.3) is 0 Å². The van der Waals surface area contributed by atoms with Gasteiger partial charge in [0.1, 0.15) is 6.10 Å². The summed E-state index contributed by atoms with van der Waals surface area (Å²) in [5.74, 6) is 0. The van der Waals surface area contributed by atoms with Gasteiger partial charge in [-0.2, -0.15) is 0 Å². The average Bonchev–Trinajstić information content (AvgIpc) is 3.00. The predicted octanol–water partition coefficient (Wildman–Crippen LogP) is 1.96. The van der Waals surface area contributed by atoms with Gasteiger partial charge in [-0.15, -0.1) is 11.3 Å². The first-order valence-electron chi connectivity index (χ1n) is 6.20. The molecule has 2 aromatic rings. The fourth-order valence-corrected chi connectivity index (χ4v) is 3.11. The van der Waals surface area contributed by atoms with E-state index >= 15 is 0 Å². The van der Waals surface area contributed by atoms with Gasteiger partial charge in [0.15, 0.2) is 0 Å². The summed E-state index contributed by atoms with van der Waals surface area (Å²) >= 11 is 1.84. The number of aryl methyl sites for hydroxylation is 1. The molecule has 0 bridgehead atoms. The number of ether oxygens (including phenoxy) is 1. The molecule has 0 aliphatic carbocycles. The van der Waals surface area contributed by atoms with E-state index in [4.69, 9.17) is 4.74 Å². The van der Waals surface area contributed by atoms with Crippen molar-refractivity contribution < 1.29 is 4.74 Å². The van der Waals surface area contributed by atoms with Gasteiger partial charge in [-0.25, -0.2) is 4.98 Å².